The third-order valence-corrected chi connectivity index (χ3v) is 4.94. The molecule has 0 radical (unpaired) electrons. The van der Waals surface area contributed by atoms with Crippen molar-refractivity contribution < 1.29 is 19.4 Å². The Kier molecular flexibility index (Phi) is 5.08. The number of ether oxygens (including phenoxy) is 1. The Labute approximate surface area is 125 Å². The zero-order valence-electron chi connectivity index (χ0n) is 12.9. The summed E-state index contributed by atoms with van der Waals surface area (Å²) in [6.45, 7) is 4.55. The number of rotatable bonds is 3. The largest absolute Gasteiger partial charge is 0.481 e. The minimum atomic E-state index is -0.814. The number of amides is 2. The van der Waals surface area contributed by atoms with Gasteiger partial charge in [0.2, 0.25) is 0 Å². The Balaban J connectivity index is 1.95. The molecule has 2 fully saturated rings. The van der Waals surface area contributed by atoms with Gasteiger partial charge in [0.15, 0.2) is 0 Å². The van der Waals surface area contributed by atoms with E-state index in [2.05, 4.69) is 10.6 Å². The molecular formula is C15H26N2O4. The molecule has 2 rings (SSSR count). The molecule has 2 amide bonds. The second-order valence-electron chi connectivity index (χ2n) is 6.47. The lowest BCUT2D eigenvalue weighted by atomic mass is 9.94. The van der Waals surface area contributed by atoms with Gasteiger partial charge < -0.3 is 20.5 Å². The predicted molar refractivity (Wildman–Crippen MR) is 78.1 cm³/mol. The van der Waals surface area contributed by atoms with Crippen molar-refractivity contribution in [1.82, 2.24) is 10.6 Å². The van der Waals surface area contributed by atoms with Crippen LogP contribution in [0.4, 0.5) is 4.79 Å². The lowest BCUT2D eigenvalue weighted by Crippen LogP contribution is -2.56. The molecule has 1 aliphatic carbocycles. The number of aliphatic carboxylic acids is 1. The summed E-state index contributed by atoms with van der Waals surface area (Å²) < 4.78 is 5.50. The molecule has 6 heteroatoms. The highest BCUT2D eigenvalue weighted by molar-refractivity contribution is 5.77. The van der Waals surface area contributed by atoms with Gasteiger partial charge in [-0.15, -0.1) is 0 Å². The van der Waals surface area contributed by atoms with Crippen LogP contribution in [-0.2, 0) is 9.53 Å². The standard InChI is InChI=1S/C15H26N2O4/c1-10-15(2,8-9-21-10)17-14(20)16-12-7-5-3-4-6-11(12)13(18)19/h10-12H,3-9H2,1-2H3,(H,18,19)(H2,16,17,20). The highest BCUT2D eigenvalue weighted by Gasteiger charge is 2.39. The number of carbonyl (C=O) groups excluding carboxylic acids is 1. The number of carbonyl (C=O) groups is 2. The first-order valence-corrected chi connectivity index (χ1v) is 7.85. The van der Waals surface area contributed by atoms with Crippen molar-refractivity contribution in [2.75, 3.05) is 6.61 Å². The Bertz CT molecular complexity index is 401. The summed E-state index contributed by atoms with van der Waals surface area (Å²) in [5.74, 6) is -1.30. The molecule has 0 aromatic carbocycles. The summed E-state index contributed by atoms with van der Waals surface area (Å²) in [6, 6.07) is -0.570. The van der Waals surface area contributed by atoms with Crippen molar-refractivity contribution >= 4 is 12.0 Å². The first kappa shape index (κ1) is 16.1. The van der Waals surface area contributed by atoms with E-state index < -0.39 is 11.9 Å². The number of hydrogen-bond acceptors (Lipinski definition) is 3. The summed E-state index contributed by atoms with van der Waals surface area (Å²) in [5.41, 5.74) is -0.381. The van der Waals surface area contributed by atoms with E-state index in [4.69, 9.17) is 4.74 Å². The summed E-state index contributed by atoms with van der Waals surface area (Å²) in [6.07, 6.45) is 5.02. The normalized spacial score (nSPS) is 36.8. The van der Waals surface area contributed by atoms with Crippen LogP contribution in [0.15, 0.2) is 0 Å². The van der Waals surface area contributed by atoms with Gasteiger partial charge in [-0.1, -0.05) is 19.3 Å². The first-order chi connectivity index (χ1) is 9.92. The van der Waals surface area contributed by atoms with Gasteiger partial charge in [0.25, 0.3) is 0 Å². The van der Waals surface area contributed by atoms with Gasteiger partial charge >= 0.3 is 12.0 Å². The molecule has 6 nitrogen and oxygen atoms in total. The van der Waals surface area contributed by atoms with E-state index in [-0.39, 0.29) is 23.7 Å². The summed E-state index contributed by atoms with van der Waals surface area (Å²) in [5, 5.41) is 15.2. The quantitative estimate of drug-likeness (QED) is 0.694. The van der Waals surface area contributed by atoms with E-state index >= 15 is 0 Å². The van der Waals surface area contributed by atoms with Crippen molar-refractivity contribution in [3.8, 4) is 0 Å². The highest BCUT2D eigenvalue weighted by Crippen LogP contribution is 2.26. The van der Waals surface area contributed by atoms with Gasteiger partial charge in [0.1, 0.15) is 0 Å². The molecule has 0 aromatic heterocycles. The number of carboxylic acid groups (broad SMARTS) is 1. The molecule has 21 heavy (non-hydrogen) atoms. The molecule has 120 valence electrons. The fraction of sp³-hybridized carbons (Fsp3) is 0.867. The van der Waals surface area contributed by atoms with Gasteiger partial charge in [-0.25, -0.2) is 4.79 Å². The van der Waals surface area contributed by atoms with Crippen LogP contribution in [0.1, 0.15) is 52.4 Å². The van der Waals surface area contributed by atoms with Crippen LogP contribution in [0, 0.1) is 5.92 Å². The molecule has 1 saturated heterocycles. The van der Waals surface area contributed by atoms with E-state index in [1.807, 2.05) is 13.8 Å². The van der Waals surface area contributed by atoms with Crippen molar-refractivity contribution in [2.45, 2.75) is 70.1 Å². The Morgan fingerprint density at radius 3 is 2.57 bits per heavy atom. The van der Waals surface area contributed by atoms with Crippen LogP contribution in [0.3, 0.4) is 0 Å². The van der Waals surface area contributed by atoms with Crippen LogP contribution in [-0.4, -0.2) is 41.4 Å². The maximum Gasteiger partial charge on any atom is 0.315 e. The number of nitrogens with one attached hydrogen (secondary N) is 2. The van der Waals surface area contributed by atoms with Gasteiger partial charge in [-0.2, -0.15) is 0 Å². The second-order valence-corrected chi connectivity index (χ2v) is 6.47. The van der Waals surface area contributed by atoms with Gasteiger partial charge in [-0.05, 0) is 33.1 Å². The van der Waals surface area contributed by atoms with Crippen LogP contribution in [0.5, 0.6) is 0 Å². The van der Waals surface area contributed by atoms with Crippen LogP contribution >= 0.6 is 0 Å². The van der Waals surface area contributed by atoms with E-state index in [9.17, 15) is 14.7 Å². The molecule has 4 atom stereocenters. The van der Waals surface area contributed by atoms with Crippen molar-refractivity contribution in [3.05, 3.63) is 0 Å². The van der Waals surface area contributed by atoms with Crippen molar-refractivity contribution in [1.29, 1.82) is 0 Å². The van der Waals surface area contributed by atoms with Crippen molar-refractivity contribution in [2.24, 2.45) is 5.92 Å². The van der Waals surface area contributed by atoms with E-state index in [0.29, 0.717) is 13.0 Å². The fourth-order valence-electron chi connectivity index (χ4n) is 3.24. The minimum Gasteiger partial charge on any atom is -0.481 e. The van der Waals surface area contributed by atoms with E-state index in [1.165, 1.54) is 0 Å². The SMILES string of the molecule is CC1OCCC1(C)NC(=O)NC1CCCCCC1C(=O)O. The third-order valence-electron chi connectivity index (χ3n) is 4.94. The smallest absolute Gasteiger partial charge is 0.315 e. The molecule has 0 bridgehead atoms. The molecule has 1 heterocycles. The van der Waals surface area contributed by atoms with Crippen LogP contribution in [0.25, 0.3) is 0 Å². The van der Waals surface area contributed by atoms with Crippen molar-refractivity contribution in [3.63, 3.8) is 0 Å². The minimum absolute atomic E-state index is 0.0346. The maximum atomic E-state index is 12.2. The summed E-state index contributed by atoms with van der Waals surface area (Å²) in [7, 11) is 0. The first-order valence-electron chi connectivity index (χ1n) is 7.85. The molecule has 4 unspecified atom stereocenters. The maximum absolute atomic E-state index is 12.2. The molecule has 1 saturated carbocycles. The summed E-state index contributed by atoms with van der Waals surface area (Å²) >= 11 is 0. The average molecular weight is 298 g/mol. The predicted octanol–water partition coefficient (Wildman–Crippen LogP) is 1.89. The number of carboxylic acids is 1. The second kappa shape index (κ2) is 6.64. The van der Waals surface area contributed by atoms with E-state index in [0.717, 1.165) is 32.1 Å². The topological polar surface area (TPSA) is 87.7 Å². The average Bonchev–Trinajstić information content (AvgIpc) is 2.62. The van der Waals surface area contributed by atoms with Gasteiger partial charge in [-0.3, -0.25) is 4.79 Å². The number of hydrogen-bond donors (Lipinski definition) is 3. The molecule has 3 N–H and O–H groups in total. The molecule has 2 aliphatic rings. The molecule has 0 spiro atoms. The lowest BCUT2D eigenvalue weighted by molar-refractivity contribution is -0.142. The zero-order chi connectivity index (χ0) is 15.5. The van der Waals surface area contributed by atoms with Crippen LogP contribution in [0.2, 0.25) is 0 Å². The monoisotopic (exact) mass is 298 g/mol. The van der Waals surface area contributed by atoms with Crippen LogP contribution < -0.4 is 10.6 Å². The number of urea groups is 1. The molecular weight excluding hydrogens is 272 g/mol. The molecule has 1 aliphatic heterocycles. The third kappa shape index (κ3) is 3.87. The highest BCUT2D eigenvalue weighted by atomic mass is 16.5. The molecule has 0 aromatic rings. The lowest BCUT2D eigenvalue weighted by Gasteiger charge is -2.31. The zero-order valence-corrected chi connectivity index (χ0v) is 12.9. The summed E-state index contributed by atoms with van der Waals surface area (Å²) in [4.78, 5) is 23.6. The Morgan fingerprint density at radius 1 is 1.24 bits per heavy atom. The Morgan fingerprint density at radius 2 is 1.95 bits per heavy atom. The fourth-order valence-corrected chi connectivity index (χ4v) is 3.24. The van der Waals surface area contributed by atoms with E-state index in [1.54, 1.807) is 0 Å². The van der Waals surface area contributed by atoms with Gasteiger partial charge in [0.05, 0.1) is 17.6 Å². The van der Waals surface area contributed by atoms with Gasteiger partial charge in [0, 0.05) is 12.6 Å². The Hall–Kier alpha value is -1.30.